The maximum absolute atomic E-state index is 14.4. The summed E-state index contributed by atoms with van der Waals surface area (Å²) in [4.78, 5) is 22.0. The lowest BCUT2D eigenvalue weighted by Gasteiger charge is -2.25. The molecular formula is C21H20ClFN4O3. The molecule has 1 fully saturated rings. The Morgan fingerprint density at radius 2 is 2.13 bits per heavy atom. The molecule has 1 heterocycles. The molecule has 0 unspecified atom stereocenters. The molecule has 0 aliphatic heterocycles. The number of likely N-dealkylation sites (N-methyl/N-ethyl adjacent to an activating group) is 1. The fourth-order valence-corrected chi connectivity index (χ4v) is 3.73. The van der Waals surface area contributed by atoms with Crippen molar-refractivity contribution in [2.75, 3.05) is 19.5 Å². The number of carboxylic acid groups (broad SMARTS) is 1. The van der Waals surface area contributed by atoms with Crippen molar-refractivity contribution in [1.82, 2.24) is 14.9 Å². The van der Waals surface area contributed by atoms with Gasteiger partial charge >= 0.3 is 5.97 Å². The molecule has 1 aliphatic carbocycles. The first-order chi connectivity index (χ1) is 14.4. The van der Waals surface area contributed by atoms with Crippen LogP contribution in [-0.4, -0.2) is 45.6 Å². The molecule has 1 aliphatic rings. The smallest absolute Gasteiger partial charge is 0.324 e. The number of hydrogen-bond donors (Lipinski definition) is 2. The number of aliphatic carboxylic acids is 1. The molecule has 3 aromatic rings. The van der Waals surface area contributed by atoms with E-state index in [4.69, 9.17) is 16.3 Å². The average molecular weight is 431 g/mol. The third-order valence-electron chi connectivity index (χ3n) is 5.50. The van der Waals surface area contributed by atoms with E-state index in [0.29, 0.717) is 41.9 Å². The number of rotatable bonds is 7. The predicted molar refractivity (Wildman–Crippen MR) is 112 cm³/mol. The van der Waals surface area contributed by atoms with E-state index in [0.717, 1.165) is 5.56 Å². The summed E-state index contributed by atoms with van der Waals surface area (Å²) in [6.07, 6.45) is 2.60. The third-order valence-corrected chi connectivity index (χ3v) is 5.79. The van der Waals surface area contributed by atoms with E-state index in [1.807, 2.05) is 11.0 Å². The molecule has 2 N–H and O–H groups in total. The minimum absolute atomic E-state index is 0.00532. The van der Waals surface area contributed by atoms with Crippen LogP contribution in [0.25, 0.3) is 10.9 Å². The average Bonchev–Trinajstić information content (AvgIpc) is 3.53. The van der Waals surface area contributed by atoms with E-state index < -0.39 is 17.3 Å². The Kier molecular flexibility index (Phi) is 5.21. The maximum atomic E-state index is 14.4. The second kappa shape index (κ2) is 7.70. The highest BCUT2D eigenvalue weighted by molar-refractivity contribution is 6.31. The van der Waals surface area contributed by atoms with Gasteiger partial charge in [0.15, 0.2) is 5.82 Å². The molecule has 156 valence electrons. The van der Waals surface area contributed by atoms with Gasteiger partial charge < -0.3 is 15.2 Å². The number of carbonyl (C=O) groups is 1. The number of methoxy groups -OCH3 is 1. The van der Waals surface area contributed by atoms with Crippen molar-refractivity contribution >= 4 is 40.0 Å². The minimum atomic E-state index is -0.835. The zero-order valence-electron chi connectivity index (χ0n) is 16.4. The van der Waals surface area contributed by atoms with E-state index in [1.165, 1.54) is 12.4 Å². The number of ether oxygens (including phenoxy) is 1. The molecule has 1 aromatic heterocycles. The van der Waals surface area contributed by atoms with Crippen LogP contribution in [0.5, 0.6) is 5.75 Å². The molecule has 9 heteroatoms. The molecule has 0 bridgehead atoms. The number of benzene rings is 2. The Hall–Kier alpha value is -2.97. The van der Waals surface area contributed by atoms with Crippen LogP contribution in [0.15, 0.2) is 36.7 Å². The molecule has 0 radical (unpaired) electrons. The molecule has 1 saturated carbocycles. The zero-order chi connectivity index (χ0) is 21.5. The van der Waals surface area contributed by atoms with E-state index in [1.54, 1.807) is 32.4 Å². The van der Waals surface area contributed by atoms with Crippen LogP contribution < -0.4 is 10.1 Å². The van der Waals surface area contributed by atoms with Gasteiger partial charge in [-0.2, -0.15) is 0 Å². The van der Waals surface area contributed by atoms with Gasteiger partial charge in [-0.15, -0.1) is 0 Å². The quantitative estimate of drug-likeness (QED) is 0.580. The summed E-state index contributed by atoms with van der Waals surface area (Å²) in [5.74, 6) is -0.398. The Labute approximate surface area is 177 Å². The van der Waals surface area contributed by atoms with Gasteiger partial charge in [-0.1, -0.05) is 17.7 Å². The number of fused-ring (bicyclic) bond motifs is 1. The zero-order valence-corrected chi connectivity index (χ0v) is 17.2. The largest absolute Gasteiger partial charge is 0.496 e. The first-order valence-electron chi connectivity index (χ1n) is 9.33. The van der Waals surface area contributed by atoms with Crippen LogP contribution in [0, 0.1) is 5.82 Å². The van der Waals surface area contributed by atoms with E-state index >= 15 is 0 Å². The van der Waals surface area contributed by atoms with Crippen molar-refractivity contribution < 1.29 is 19.0 Å². The Bertz CT molecular complexity index is 1140. The van der Waals surface area contributed by atoms with Gasteiger partial charge in [-0.25, -0.2) is 14.4 Å². The molecule has 0 atom stereocenters. The summed E-state index contributed by atoms with van der Waals surface area (Å²) in [6.45, 7) is 0.366. The van der Waals surface area contributed by atoms with Gasteiger partial charge in [0.2, 0.25) is 0 Å². The van der Waals surface area contributed by atoms with Gasteiger partial charge in [0.25, 0.3) is 0 Å². The third kappa shape index (κ3) is 3.53. The molecule has 2 aromatic carbocycles. The summed E-state index contributed by atoms with van der Waals surface area (Å²) in [6, 6.07) is 8.28. The second-order valence-electron chi connectivity index (χ2n) is 7.32. The monoisotopic (exact) mass is 430 g/mol. The van der Waals surface area contributed by atoms with Crippen LogP contribution in [0.1, 0.15) is 18.4 Å². The number of halogens is 2. The maximum Gasteiger partial charge on any atom is 0.324 e. The van der Waals surface area contributed by atoms with Crippen molar-refractivity contribution in [2.45, 2.75) is 24.9 Å². The predicted octanol–water partition coefficient (Wildman–Crippen LogP) is 4.22. The van der Waals surface area contributed by atoms with Crippen molar-refractivity contribution in [1.29, 1.82) is 0 Å². The van der Waals surface area contributed by atoms with E-state index in [9.17, 15) is 14.3 Å². The number of carboxylic acids is 1. The molecule has 0 saturated heterocycles. The van der Waals surface area contributed by atoms with E-state index in [2.05, 4.69) is 15.3 Å². The summed E-state index contributed by atoms with van der Waals surface area (Å²) in [5, 5.41) is 13.2. The summed E-state index contributed by atoms with van der Waals surface area (Å²) >= 11 is 5.88. The van der Waals surface area contributed by atoms with Crippen molar-refractivity contribution in [3.05, 3.63) is 53.1 Å². The van der Waals surface area contributed by atoms with Crippen molar-refractivity contribution in [3.8, 4) is 5.75 Å². The second-order valence-corrected chi connectivity index (χ2v) is 7.73. The lowest BCUT2D eigenvalue weighted by atomic mass is 10.1. The highest BCUT2D eigenvalue weighted by Crippen LogP contribution is 2.43. The first-order valence-corrected chi connectivity index (χ1v) is 9.71. The normalized spacial score (nSPS) is 14.7. The highest BCUT2D eigenvalue weighted by Gasteiger charge is 2.53. The van der Waals surface area contributed by atoms with Crippen molar-refractivity contribution in [2.24, 2.45) is 0 Å². The number of aromatic nitrogens is 2. The Morgan fingerprint density at radius 3 is 2.80 bits per heavy atom. The lowest BCUT2D eigenvalue weighted by Crippen LogP contribution is -2.40. The molecule has 4 rings (SSSR count). The molecule has 0 amide bonds. The number of nitrogens with zero attached hydrogens (tertiary/aromatic N) is 3. The van der Waals surface area contributed by atoms with Gasteiger partial charge in [0.05, 0.1) is 23.3 Å². The molecule has 0 spiro atoms. The number of anilines is 2. The Morgan fingerprint density at radius 1 is 1.37 bits per heavy atom. The van der Waals surface area contributed by atoms with Crippen LogP contribution in [0.3, 0.4) is 0 Å². The SMILES string of the molecule is COc1cc2ncnc(Nc3cccc(Cl)c3F)c2cc1CN(C)C1(C(=O)O)CC1. The minimum Gasteiger partial charge on any atom is -0.496 e. The summed E-state index contributed by atoms with van der Waals surface area (Å²) in [7, 11) is 3.34. The Balaban J connectivity index is 1.74. The van der Waals surface area contributed by atoms with Crippen LogP contribution in [0.2, 0.25) is 5.02 Å². The van der Waals surface area contributed by atoms with Crippen molar-refractivity contribution in [3.63, 3.8) is 0 Å². The van der Waals surface area contributed by atoms with E-state index in [-0.39, 0.29) is 10.7 Å². The van der Waals surface area contributed by atoms with Crippen LogP contribution in [0.4, 0.5) is 15.9 Å². The first kappa shape index (κ1) is 20.3. The van der Waals surface area contributed by atoms with Gasteiger partial charge in [-0.3, -0.25) is 9.69 Å². The molecular weight excluding hydrogens is 411 g/mol. The standard InChI is InChI=1S/C21H20ClFN4O3/c1-27(21(6-7-21)20(28)29)10-12-8-13-16(9-17(12)30-2)24-11-25-19(13)26-15-5-3-4-14(22)18(15)23/h3-5,8-9,11H,6-7,10H2,1-2H3,(H,28,29)(H,24,25,26). The molecule has 7 nitrogen and oxygen atoms in total. The van der Waals surface area contributed by atoms with Gasteiger partial charge in [-0.05, 0) is 38.1 Å². The van der Waals surface area contributed by atoms with Gasteiger partial charge in [0, 0.05) is 23.6 Å². The molecule has 30 heavy (non-hydrogen) atoms. The number of nitrogens with one attached hydrogen (secondary N) is 1. The topological polar surface area (TPSA) is 87.6 Å². The lowest BCUT2D eigenvalue weighted by molar-refractivity contribution is -0.144. The summed E-state index contributed by atoms with van der Waals surface area (Å²) < 4.78 is 19.9. The highest BCUT2D eigenvalue weighted by atomic mass is 35.5. The fourth-order valence-electron chi connectivity index (χ4n) is 3.55. The number of hydrogen-bond acceptors (Lipinski definition) is 6. The van der Waals surface area contributed by atoms with Gasteiger partial charge in [0.1, 0.15) is 23.4 Å². The van der Waals surface area contributed by atoms with Crippen LogP contribution in [-0.2, 0) is 11.3 Å². The summed E-state index contributed by atoms with van der Waals surface area (Å²) in [5.41, 5.74) is 0.750. The fraction of sp³-hybridized carbons (Fsp3) is 0.286. The van der Waals surface area contributed by atoms with Crippen LogP contribution >= 0.6 is 11.6 Å².